The highest BCUT2D eigenvalue weighted by atomic mass is 32.1. The van der Waals surface area contributed by atoms with Crippen molar-refractivity contribution in [2.45, 2.75) is 32.7 Å². The Morgan fingerprint density at radius 1 is 1.19 bits per heavy atom. The Kier molecular flexibility index (Phi) is 5.91. The molecule has 6 nitrogen and oxygen atoms in total. The van der Waals surface area contributed by atoms with Crippen LogP contribution < -0.4 is 10.6 Å². The molecule has 1 saturated carbocycles. The summed E-state index contributed by atoms with van der Waals surface area (Å²) in [5.41, 5.74) is 1.82. The minimum absolute atomic E-state index is 0.0213. The minimum atomic E-state index is -0.625. The van der Waals surface area contributed by atoms with Gasteiger partial charge in [0, 0.05) is 22.9 Å². The van der Waals surface area contributed by atoms with Gasteiger partial charge in [0.25, 0.3) is 5.91 Å². The number of esters is 1. The Labute approximate surface area is 161 Å². The number of rotatable bonds is 7. The molecule has 1 heterocycles. The molecule has 1 fully saturated rings. The second kappa shape index (κ2) is 8.35. The molecule has 0 bridgehead atoms. The molecule has 0 spiro atoms. The van der Waals surface area contributed by atoms with Crippen molar-refractivity contribution in [2.75, 3.05) is 11.9 Å². The van der Waals surface area contributed by atoms with Gasteiger partial charge in [-0.25, -0.2) is 4.79 Å². The average molecular weight is 386 g/mol. The average Bonchev–Trinajstić information content (AvgIpc) is 3.41. The zero-order valence-electron chi connectivity index (χ0n) is 15.3. The summed E-state index contributed by atoms with van der Waals surface area (Å²) in [7, 11) is 0. The Morgan fingerprint density at radius 2 is 1.89 bits per heavy atom. The summed E-state index contributed by atoms with van der Waals surface area (Å²) in [4.78, 5) is 36.7. The van der Waals surface area contributed by atoms with Crippen LogP contribution in [-0.4, -0.2) is 30.4 Å². The Hall–Kier alpha value is -2.67. The molecular formula is C20H22N2O4S. The number of anilines is 1. The van der Waals surface area contributed by atoms with Crippen molar-refractivity contribution in [3.63, 3.8) is 0 Å². The van der Waals surface area contributed by atoms with Crippen molar-refractivity contribution in [3.8, 4) is 11.1 Å². The van der Waals surface area contributed by atoms with E-state index in [4.69, 9.17) is 4.74 Å². The fourth-order valence-electron chi connectivity index (χ4n) is 2.61. The van der Waals surface area contributed by atoms with Crippen molar-refractivity contribution in [2.24, 2.45) is 5.92 Å². The summed E-state index contributed by atoms with van der Waals surface area (Å²) in [6.45, 7) is 3.30. The molecule has 0 atom stereocenters. The summed E-state index contributed by atoms with van der Waals surface area (Å²) in [5.74, 6) is -1.05. The van der Waals surface area contributed by atoms with E-state index in [1.165, 1.54) is 11.3 Å². The van der Waals surface area contributed by atoms with Crippen LogP contribution in [0.1, 0.15) is 37.0 Å². The third-order valence-electron chi connectivity index (χ3n) is 4.05. The predicted molar refractivity (Wildman–Crippen MR) is 105 cm³/mol. The van der Waals surface area contributed by atoms with E-state index in [0.29, 0.717) is 10.6 Å². The predicted octanol–water partition coefficient (Wildman–Crippen LogP) is 3.45. The number of carbonyl (C=O) groups excluding carboxylic acids is 3. The summed E-state index contributed by atoms with van der Waals surface area (Å²) < 4.78 is 5.21. The molecule has 2 N–H and O–H groups in total. The quantitative estimate of drug-likeness (QED) is 0.714. The van der Waals surface area contributed by atoms with Crippen LogP contribution in [0.5, 0.6) is 0 Å². The normalized spacial score (nSPS) is 13.3. The van der Waals surface area contributed by atoms with Crippen LogP contribution >= 0.6 is 11.3 Å². The molecule has 0 unspecified atom stereocenters. The van der Waals surface area contributed by atoms with Gasteiger partial charge in [-0.1, -0.05) is 30.3 Å². The zero-order valence-corrected chi connectivity index (χ0v) is 16.1. The van der Waals surface area contributed by atoms with Crippen molar-refractivity contribution >= 4 is 34.1 Å². The van der Waals surface area contributed by atoms with Crippen LogP contribution in [0.25, 0.3) is 11.1 Å². The lowest BCUT2D eigenvalue weighted by molar-refractivity contribution is -0.124. The first kappa shape index (κ1) is 19.1. The van der Waals surface area contributed by atoms with E-state index in [9.17, 15) is 14.4 Å². The molecule has 1 aromatic heterocycles. The second-order valence-corrected chi connectivity index (χ2v) is 7.66. The molecule has 1 aliphatic rings. The van der Waals surface area contributed by atoms with E-state index >= 15 is 0 Å². The van der Waals surface area contributed by atoms with Crippen LogP contribution in [-0.2, 0) is 14.3 Å². The second-order valence-electron chi connectivity index (χ2n) is 6.78. The number of nitrogens with one attached hydrogen (secondary N) is 2. The molecule has 0 aliphatic heterocycles. The highest BCUT2D eigenvalue weighted by Crippen LogP contribution is 2.38. The molecular weight excluding hydrogens is 364 g/mol. The minimum Gasteiger partial charge on any atom is -0.452 e. The van der Waals surface area contributed by atoms with Gasteiger partial charge in [0.2, 0.25) is 5.91 Å². The molecule has 2 amide bonds. The Bertz CT molecular complexity index is 841. The number of ether oxygens (including phenoxy) is 1. The number of carbonyl (C=O) groups is 3. The lowest BCUT2D eigenvalue weighted by atomic mass is 10.0. The highest BCUT2D eigenvalue weighted by Gasteiger charge is 2.32. The first-order chi connectivity index (χ1) is 13.0. The van der Waals surface area contributed by atoms with Crippen molar-refractivity contribution in [3.05, 3.63) is 41.3 Å². The molecule has 0 radical (unpaired) electrons. The Morgan fingerprint density at radius 3 is 2.52 bits per heavy atom. The molecule has 3 rings (SSSR count). The van der Waals surface area contributed by atoms with Gasteiger partial charge >= 0.3 is 5.97 Å². The number of amides is 2. The third-order valence-corrected chi connectivity index (χ3v) is 4.94. The summed E-state index contributed by atoms with van der Waals surface area (Å²) in [6, 6.07) is 9.38. The molecule has 142 valence electrons. The Balaban J connectivity index is 1.83. The van der Waals surface area contributed by atoms with E-state index in [-0.39, 0.29) is 35.9 Å². The first-order valence-corrected chi connectivity index (χ1v) is 9.78. The maximum absolute atomic E-state index is 12.7. The van der Waals surface area contributed by atoms with Crippen LogP contribution in [0.15, 0.2) is 35.7 Å². The van der Waals surface area contributed by atoms with Gasteiger partial charge in [0.1, 0.15) is 10.6 Å². The molecule has 1 aromatic carbocycles. The fraction of sp³-hybridized carbons (Fsp3) is 0.350. The maximum atomic E-state index is 12.7. The van der Waals surface area contributed by atoms with Gasteiger partial charge in [-0.05, 0) is 32.3 Å². The number of benzene rings is 1. The third kappa shape index (κ3) is 4.95. The first-order valence-electron chi connectivity index (χ1n) is 8.90. The van der Waals surface area contributed by atoms with Gasteiger partial charge < -0.3 is 15.4 Å². The van der Waals surface area contributed by atoms with Gasteiger partial charge in [-0.2, -0.15) is 0 Å². The molecule has 2 aromatic rings. The van der Waals surface area contributed by atoms with E-state index in [0.717, 1.165) is 18.4 Å². The topological polar surface area (TPSA) is 84.5 Å². The monoisotopic (exact) mass is 386 g/mol. The maximum Gasteiger partial charge on any atom is 0.342 e. The zero-order chi connectivity index (χ0) is 19.4. The number of thiophene rings is 1. The number of hydrogen-bond acceptors (Lipinski definition) is 5. The SMILES string of the molecule is CC(C)NC(=O)COC(=O)c1c(-c2ccccc2)csc1NC(=O)C1CC1. The van der Waals surface area contributed by atoms with E-state index in [1.807, 2.05) is 49.6 Å². The molecule has 1 aliphatic carbocycles. The van der Waals surface area contributed by atoms with Crippen LogP contribution in [0.3, 0.4) is 0 Å². The van der Waals surface area contributed by atoms with Crippen LogP contribution in [0.2, 0.25) is 0 Å². The summed E-state index contributed by atoms with van der Waals surface area (Å²) in [6.07, 6.45) is 1.75. The highest BCUT2D eigenvalue weighted by molar-refractivity contribution is 7.15. The van der Waals surface area contributed by atoms with Gasteiger partial charge in [-0.15, -0.1) is 11.3 Å². The van der Waals surface area contributed by atoms with Crippen molar-refractivity contribution in [1.82, 2.24) is 5.32 Å². The number of hydrogen-bond donors (Lipinski definition) is 2. The van der Waals surface area contributed by atoms with Crippen LogP contribution in [0.4, 0.5) is 5.00 Å². The fourth-order valence-corrected chi connectivity index (χ4v) is 3.57. The van der Waals surface area contributed by atoms with Gasteiger partial charge in [0.15, 0.2) is 6.61 Å². The van der Waals surface area contributed by atoms with Crippen LogP contribution in [0, 0.1) is 5.92 Å². The molecule has 0 saturated heterocycles. The summed E-state index contributed by atoms with van der Waals surface area (Å²) in [5, 5.41) is 7.80. The molecule has 7 heteroatoms. The van der Waals surface area contributed by atoms with E-state index < -0.39 is 5.97 Å². The van der Waals surface area contributed by atoms with Crippen molar-refractivity contribution < 1.29 is 19.1 Å². The summed E-state index contributed by atoms with van der Waals surface area (Å²) >= 11 is 1.28. The standard InChI is InChI=1S/C20H22N2O4S/c1-12(2)21-16(23)10-26-20(25)17-15(13-6-4-3-5-7-13)11-27-19(17)22-18(24)14-8-9-14/h3-7,11-12,14H,8-10H2,1-2H3,(H,21,23)(H,22,24). The lowest BCUT2D eigenvalue weighted by Gasteiger charge is -2.11. The van der Waals surface area contributed by atoms with Gasteiger partial charge in [-0.3, -0.25) is 9.59 Å². The van der Waals surface area contributed by atoms with E-state index in [2.05, 4.69) is 10.6 Å². The van der Waals surface area contributed by atoms with E-state index in [1.54, 1.807) is 0 Å². The smallest absolute Gasteiger partial charge is 0.342 e. The largest absolute Gasteiger partial charge is 0.452 e. The molecule has 27 heavy (non-hydrogen) atoms. The lowest BCUT2D eigenvalue weighted by Crippen LogP contribution is -2.34. The van der Waals surface area contributed by atoms with Crippen molar-refractivity contribution in [1.29, 1.82) is 0 Å². The van der Waals surface area contributed by atoms with Gasteiger partial charge in [0.05, 0.1) is 0 Å².